The molecule has 0 bridgehead atoms. The highest BCUT2D eigenvalue weighted by Crippen LogP contribution is 2.19. The molecule has 0 heterocycles. The minimum absolute atomic E-state index is 0.0215. The van der Waals surface area contributed by atoms with Crippen LogP contribution in [0.3, 0.4) is 0 Å². The van der Waals surface area contributed by atoms with Crippen LogP contribution in [-0.4, -0.2) is 120 Å². The summed E-state index contributed by atoms with van der Waals surface area (Å²) >= 11 is 0. The van der Waals surface area contributed by atoms with Crippen LogP contribution in [0.5, 0.6) is 0 Å². The fourth-order valence-electron chi connectivity index (χ4n) is 7.15. The second kappa shape index (κ2) is 44.2. The Hall–Kier alpha value is -7.98. The zero-order valence-electron chi connectivity index (χ0n) is 62.6. The Balaban J connectivity index is 0.000000595. The zero-order chi connectivity index (χ0) is 75.2. The average molecular weight is 1380 g/mol. The lowest BCUT2D eigenvalue weighted by atomic mass is 10.1. The van der Waals surface area contributed by atoms with Gasteiger partial charge in [0.2, 0.25) is 5.91 Å². The third kappa shape index (κ3) is 44.6. The van der Waals surface area contributed by atoms with Crippen molar-refractivity contribution >= 4 is 35.6 Å². The van der Waals surface area contributed by atoms with E-state index in [0.717, 1.165) is 38.9 Å². The summed E-state index contributed by atoms with van der Waals surface area (Å²) in [6.07, 6.45) is 0.553. The fraction of sp³-hybridized carbons (Fsp3) is 0.475. The number of carbonyl (C=O) groups is 6. The van der Waals surface area contributed by atoms with Crippen LogP contribution < -0.4 is 5.73 Å². The monoisotopic (exact) mass is 1380 g/mol. The van der Waals surface area contributed by atoms with Gasteiger partial charge in [0.25, 0.3) is 0 Å². The number of amides is 1. The highest BCUT2D eigenvalue weighted by molar-refractivity contribution is 5.96. The molecule has 0 aliphatic rings. The molecule has 4 N–H and O–H groups in total. The number of carboxylic acids is 1. The van der Waals surface area contributed by atoms with Gasteiger partial charge in [-0.3, -0.25) is 9.59 Å². The van der Waals surface area contributed by atoms with Crippen LogP contribution in [0.2, 0.25) is 0 Å². The molecule has 19 heteroatoms. The van der Waals surface area contributed by atoms with Crippen LogP contribution in [-0.2, 0) is 87.0 Å². The van der Waals surface area contributed by atoms with Gasteiger partial charge in [-0.25, -0.2) is 19.2 Å². The van der Waals surface area contributed by atoms with Gasteiger partial charge in [0.05, 0.1) is 116 Å². The van der Waals surface area contributed by atoms with E-state index in [9.17, 15) is 28.8 Å². The molecule has 0 radical (unpaired) electrons. The molecule has 0 fully saturated rings. The third-order valence-corrected chi connectivity index (χ3v) is 12.7. The first-order valence-corrected chi connectivity index (χ1v) is 32.9. The minimum atomic E-state index is -0.904. The molecule has 0 saturated heterocycles. The smallest absolute Gasteiger partial charge is 0.338 e. The Kier molecular flexibility index (Phi) is 39.8. The Morgan fingerprint density at radius 2 is 0.566 bits per heavy atom. The number of aliphatic hydroxyl groups excluding tert-OH is 1. The Labute approximate surface area is 589 Å². The largest absolute Gasteiger partial charge is 0.478 e. The molecular weight excluding hydrogens is 1260 g/mol. The number of hydrogen-bond donors (Lipinski definition) is 3. The first-order chi connectivity index (χ1) is 45.9. The number of esters is 3. The lowest BCUT2D eigenvalue weighted by Crippen LogP contribution is -2.18. The molecule has 6 aromatic carbocycles. The third-order valence-electron chi connectivity index (χ3n) is 12.7. The molecule has 1 amide bonds. The lowest BCUT2D eigenvalue weighted by molar-refractivity contribution is -0.0152. The van der Waals surface area contributed by atoms with Crippen molar-refractivity contribution < 1.29 is 86.3 Å². The first-order valence-electron chi connectivity index (χ1n) is 32.9. The number of methoxy groups -OCH3 is 2. The van der Waals surface area contributed by atoms with Crippen LogP contribution in [0.15, 0.2) is 146 Å². The van der Waals surface area contributed by atoms with Gasteiger partial charge < -0.3 is 63.3 Å². The van der Waals surface area contributed by atoms with Gasteiger partial charge in [-0.05, 0) is 219 Å². The lowest BCUT2D eigenvalue weighted by Gasteiger charge is -2.19. The maximum atomic E-state index is 11.6. The van der Waals surface area contributed by atoms with Crippen LogP contribution >= 0.6 is 0 Å². The highest BCUT2D eigenvalue weighted by atomic mass is 16.6. The topological polar surface area (TPSA) is 261 Å². The number of carbonyl (C=O) groups excluding carboxylic acids is 5. The molecule has 19 nitrogen and oxygen atoms in total. The van der Waals surface area contributed by atoms with Crippen molar-refractivity contribution in [3.05, 3.63) is 212 Å². The van der Waals surface area contributed by atoms with E-state index in [2.05, 4.69) is 4.74 Å². The molecule has 99 heavy (non-hydrogen) atoms. The predicted molar refractivity (Wildman–Crippen MR) is 387 cm³/mol. The summed E-state index contributed by atoms with van der Waals surface area (Å²) in [5.74, 6) is -2.20. The van der Waals surface area contributed by atoms with Gasteiger partial charge in [-0.15, -0.1) is 0 Å². The number of aliphatic hydroxyl groups is 1. The van der Waals surface area contributed by atoms with E-state index in [1.165, 1.54) is 7.11 Å². The number of Topliss-reactive ketones (excluding diaryl/α,β-unsaturated/α-hetero) is 1. The summed E-state index contributed by atoms with van der Waals surface area (Å²) in [4.78, 5) is 67.1. The van der Waals surface area contributed by atoms with E-state index >= 15 is 0 Å². The number of ether oxygens (including phenoxy) is 10. The molecule has 0 atom stereocenters. The Morgan fingerprint density at radius 3 is 0.778 bits per heavy atom. The maximum Gasteiger partial charge on any atom is 0.338 e. The van der Waals surface area contributed by atoms with Crippen molar-refractivity contribution in [1.29, 1.82) is 0 Å². The normalized spacial score (nSPS) is 11.4. The molecule has 0 aliphatic carbocycles. The van der Waals surface area contributed by atoms with Crippen molar-refractivity contribution in [2.24, 2.45) is 5.73 Å². The number of rotatable bonds is 24. The molecule has 546 valence electrons. The Morgan fingerprint density at radius 1 is 0.333 bits per heavy atom. The van der Waals surface area contributed by atoms with Crippen molar-refractivity contribution in [2.75, 3.05) is 40.6 Å². The van der Waals surface area contributed by atoms with E-state index in [1.807, 2.05) is 204 Å². The van der Waals surface area contributed by atoms with E-state index in [1.54, 1.807) is 79.9 Å². The summed E-state index contributed by atoms with van der Waals surface area (Å²) in [7, 11) is 2.94. The van der Waals surface area contributed by atoms with Gasteiger partial charge in [0.1, 0.15) is 13.2 Å². The fourth-order valence-corrected chi connectivity index (χ4v) is 7.15. The van der Waals surface area contributed by atoms with Crippen LogP contribution in [0.25, 0.3) is 0 Å². The molecule has 6 rings (SSSR count). The first kappa shape index (κ1) is 89.0. The number of nitrogens with two attached hydrogens (primary N) is 1. The van der Waals surface area contributed by atoms with Crippen molar-refractivity contribution in [3.63, 3.8) is 0 Å². The minimum Gasteiger partial charge on any atom is -0.478 e. The Bertz CT molecular complexity index is 3140. The van der Waals surface area contributed by atoms with Gasteiger partial charge >= 0.3 is 23.9 Å². The quantitative estimate of drug-likeness (QED) is 0.0220. The molecule has 0 saturated carbocycles. The number of ketones is 1. The number of carboxylic acid groups (broad SMARTS) is 1. The summed E-state index contributed by atoms with van der Waals surface area (Å²) in [5, 5.41) is 17.3. The zero-order valence-corrected chi connectivity index (χ0v) is 62.6. The van der Waals surface area contributed by atoms with Gasteiger partial charge in [-0.1, -0.05) is 91.9 Å². The highest BCUT2D eigenvalue weighted by Gasteiger charge is 2.17. The summed E-state index contributed by atoms with van der Waals surface area (Å²) in [5.41, 5.74) is 13.6. The standard InChI is InChI=1S/C15H22O4.C14H20O4.C14H20O2.C13H18O3.C12H17NO2.C12H16O3/c1-15(2,3)19-11-12-5-7-13(8-6-12)14(16)18-10-9-17-4;1-14(2,3)18-10-11-4-6-12(7-5-11)13(16)17-9-8-15;1-5-13(15)12-8-6-11(7-9-12)10-16-14(2,3)4;1-13(2,3)16-9-10-5-7-11(8-6-10)12(14)15-4;2*1-12(2,3)15-8-9-4-6-10(7-5-9)11(13)14/h5-8H,9-11H2,1-4H3;4-7,15H,8-10H2,1-3H3;6-9H,5,10H2,1-4H3;5-8H,9H2,1-4H3;4-7H,8H2,1-3H3,(H2,13,14);4-7H,8H2,1-3H3,(H,13,14). The van der Waals surface area contributed by atoms with Gasteiger partial charge in [-0.2, -0.15) is 0 Å². The number of primary amides is 1. The van der Waals surface area contributed by atoms with E-state index < -0.39 is 17.8 Å². The number of aromatic carboxylic acids is 1. The van der Waals surface area contributed by atoms with Crippen molar-refractivity contribution in [3.8, 4) is 0 Å². The molecular formula is C80H113NO18. The molecule has 0 spiro atoms. The van der Waals surface area contributed by atoms with E-state index in [0.29, 0.717) is 80.5 Å². The number of hydrogen-bond acceptors (Lipinski definition) is 17. The van der Waals surface area contributed by atoms with Crippen molar-refractivity contribution in [2.45, 2.75) is 211 Å². The van der Waals surface area contributed by atoms with Crippen LogP contribution in [0.1, 0.15) is 234 Å². The molecule has 0 aromatic heterocycles. The maximum absolute atomic E-state index is 11.6. The van der Waals surface area contributed by atoms with E-state index in [-0.39, 0.29) is 71.1 Å². The second-order valence-electron chi connectivity index (χ2n) is 28.5. The molecule has 0 aliphatic heterocycles. The van der Waals surface area contributed by atoms with Gasteiger partial charge in [0.15, 0.2) is 5.78 Å². The van der Waals surface area contributed by atoms with Crippen molar-refractivity contribution in [1.82, 2.24) is 0 Å². The van der Waals surface area contributed by atoms with Crippen LogP contribution in [0, 0.1) is 0 Å². The molecule has 0 unspecified atom stereocenters. The van der Waals surface area contributed by atoms with E-state index in [4.69, 9.17) is 58.6 Å². The average Bonchev–Trinajstić information content (AvgIpc) is 1.04. The molecule has 6 aromatic rings. The summed E-state index contributed by atoms with van der Waals surface area (Å²) in [6, 6.07) is 43.0. The number of benzene rings is 6. The van der Waals surface area contributed by atoms with Gasteiger partial charge in [0, 0.05) is 24.7 Å². The second-order valence-corrected chi connectivity index (χ2v) is 28.5. The predicted octanol–water partition coefficient (Wildman–Crippen LogP) is 16.1. The SMILES string of the molecule is CC(C)(C)OCc1ccc(C(=O)O)cc1.CC(C)(C)OCc1ccc(C(=O)OCCO)cc1.CC(C)(C)OCc1ccc(C(N)=O)cc1.CCC(=O)c1ccc(COC(C)(C)C)cc1.COC(=O)c1ccc(COC(C)(C)C)cc1.COCCOC(=O)c1ccc(COC(C)(C)C)cc1. The summed E-state index contributed by atoms with van der Waals surface area (Å²) in [6.45, 7) is 41.7. The van der Waals surface area contributed by atoms with Crippen LogP contribution in [0.4, 0.5) is 0 Å². The summed E-state index contributed by atoms with van der Waals surface area (Å²) < 4.78 is 53.0.